The second kappa shape index (κ2) is 8.95. The van der Waals surface area contributed by atoms with Crippen molar-refractivity contribution in [1.29, 1.82) is 0 Å². The van der Waals surface area contributed by atoms with E-state index in [0.29, 0.717) is 17.1 Å². The Bertz CT molecular complexity index is 1590. The van der Waals surface area contributed by atoms with E-state index in [-0.39, 0.29) is 5.97 Å². The van der Waals surface area contributed by atoms with Gasteiger partial charge in [-0.2, -0.15) is 0 Å². The monoisotopic (exact) mass is 504 g/mol. The lowest BCUT2D eigenvalue weighted by atomic mass is 9.77. The average Bonchev–Trinajstić information content (AvgIpc) is 3.22. The first-order valence-corrected chi connectivity index (χ1v) is 13.3. The van der Waals surface area contributed by atoms with E-state index < -0.39 is 5.60 Å². The smallest absolute Gasteiger partial charge is 0.340 e. The van der Waals surface area contributed by atoms with Crippen molar-refractivity contribution < 1.29 is 14.3 Å². The number of esters is 1. The Morgan fingerprint density at radius 3 is 2.24 bits per heavy atom. The molecule has 0 amide bonds. The summed E-state index contributed by atoms with van der Waals surface area (Å²) in [6.07, 6.45) is 0. The molecule has 1 spiro atoms. The first-order chi connectivity index (χ1) is 18.4. The van der Waals surface area contributed by atoms with E-state index in [2.05, 4.69) is 57.0 Å². The molecule has 6 rings (SSSR count). The number of nitrogens with zero attached hydrogens (tertiary/aromatic N) is 1. The van der Waals surface area contributed by atoms with Gasteiger partial charge in [0.2, 0.25) is 0 Å². The van der Waals surface area contributed by atoms with Crippen molar-refractivity contribution in [3.05, 3.63) is 112 Å². The Hall–Kier alpha value is -4.25. The molecule has 0 saturated heterocycles. The van der Waals surface area contributed by atoms with Crippen LogP contribution in [0.25, 0.3) is 0 Å². The van der Waals surface area contributed by atoms with Gasteiger partial charge in [-0.25, -0.2) is 4.79 Å². The van der Waals surface area contributed by atoms with Crippen LogP contribution in [0.4, 0.5) is 17.1 Å². The highest BCUT2D eigenvalue weighted by atomic mass is 16.6. The van der Waals surface area contributed by atoms with Gasteiger partial charge < -0.3 is 19.7 Å². The van der Waals surface area contributed by atoms with E-state index in [1.54, 1.807) is 0 Å². The third-order valence-corrected chi connectivity index (χ3v) is 7.90. The minimum Gasteiger partial charge on any atom is -0.456 e. The van der Waals surface area contributed by atoms with E-state index >= 15 is 0 Å². The quantitative estimate of drug-likeness (QED) is 0.281. The van der Waals surface area contributed by atoms with Crippen LogP contribution in [0.3, 0.4) is 0 Å². The Morgan fingerprint density at radius 2 is 1.47 bits per heavy atom. The number of rotatable bonds is 5. The maximum absolute atomic E-state index is 13.1. The number of para-hydroxylation sites is 1. The summed E-state index contributed by atoms with van der Waals surface area (Å²) in [5, 5.41) is 3.70. The zero-order valence-electron chi connectivity index (χ0n) is 22.5. The maximum Gasteiger partial charge on any atom is 0.340 e. The number of carbonyl (C=O) groups excluding carboxylic acids is 1. The lowest BCUT2D eigenvalue weighted by Gasteiger charge is -2.36. The number of hydrogen-bond acceptors (Lipinski definition) is 5. The molecule has 4 aromatic carbocycles. The fourth-order valence-electron chi connectivity index (χ4n) is 6.24. The van der Waals surface area contributed by atoms with Gasteiger partial charge in [0.1, 0.15) is 11.5 Å². The second-order valence-corrected chi connectivity index (χ2v) is 10.1. The second-order valence-electron chi connectivity index (χ2n) is 10.1. The number of fused-ring (bicyclic) bond motifs is 6. The normalized spacial score (nSPS) is 16.8. The van der Waals surface area contributed by atoms with Crippen molar-refractivity contribution >= 4 is 23.0 Å². The summed E-state index contributed by atoms with van der Waals surface area (Å²) in [5.41, 5.74) is 8.94. The minimum atomic E-state index is -1.07. The average molecular weight is 505 g/mol. The number of ether oxygens (including phenoxy) is 2. The van der Waals surface area contributed by atoms with Gasteiger partial charge in [0, 0.05) is 46.8 Å². The largest absolute Gasteiger partial charge is 0.456 e. The molecule has 0 aromatic heterocycles. The van der Waals surface area contributed by atoms with Gasteiger partial charge in [0.15, 0.2) is 5.60 Å². The van der Waals surface area contributed by atoms with Crippen molar-refractivity contribution in [1.82, 2.24) is 0 Å². The van der Waals surface area contributed by atoms with E-state index in [9.17, 15) is 4.79 Å². The number of carbonyl (C=O) groups is 1. The Morgan fingerprint density at radius 1 is 0.789 bits per heavy atom. The van der Waals surface area contributed by atoms with E-state index in [1.807, 2.05) is 60.7 Å². The topological polar surface area (TPSA) is 50.8 Å². The molecular weight excluding hydrogens is 472 g/mol. The molecule has 0 fully saturated rings. The number of aryl methyl sites for hydroxylation is 2. The molecular formula is C33H32N2O3. The minimum absolute atomic E-state index is 0.323. The molecule has 192 valence electrons. The SMILES string of the molecule is CCN(CC)c1c(C)cc(C)c(Nc2ccc3c(c2)C2(OC(=O)c4ccccc42)c2ccccc2O3)c1C. The molecule has 0 aliphatic carbocycles. The molecule has 2 heterocycles. The lowest BCUT2D eigenvalue weighted by Crippen LogP contribution is -2.33. The fraction of sp³-hybridized carbons (Fsp3) is 0.242. The number of nitrogens with one attached hydrogen (secondary N) is 1. The summed E-state index contributed by atoms with van der Waals surface area (Å²) < 4.78 is 12.6. The summed E-state index contributed by atoms with van der Waals surface area (Å²) >= 11 is 0. The molecule has 0 radical (unpaired) electrons. The van der Waals surface area contributed by atoms with Crippen LogP contribution in [-0.4, -0.2) is 19.1 Å². The zero-order chi connectivity index (χ0) is 26.6. The predicted octanol–water partition coefficient (Wildman–Crippen LogP) is 7.77. The molecule has 38 heavy (non-hydrogen) atoms. The third-order valence-electron chi connectivity index (χ3n) is 7.90. The molecule has 4 aromatic rings. The molecule has 0 bridgehead atoms. The van der Waals surface area contributed by atoms with Gasteiger partial charge in [-0.1, -0.05) is 42.5 Å². The van der Waals surface area contributed by atoms with E-state index in [4.69, 9.17) is 9.47 Å². The Kier molecular flexibility index (Phi) is 5.68. The van der Waals surface area contributed by atoms with Gasteiger partial charge >= 0.3 is 5.97 Å². The summed E-state index contributed by atoms with van der Waals surface area (Å²) in [4.78, 5) is 15.5. The highest BCUT2D eigenvalue weighted by Gasteiger charge is 2.53. The van der Waals surface area contributed by atoms with Crippen LogP contribution < -0.4 is 15.0 Å². The van der Waals surface area contributed by atoms with Crippen LogP contribution in [-0.2, 0) is 10.3 Å². The Balaban J connectivity index is 1.52. The first-order valence-electron chi connectivity index (χ1n) is 13.3. The van der Waals surface area contributed by atoms with E-state index in [1.165, 1.54) is 22.4 Å². The van der Waals surface area contributed by atoms with Crippen molar-refractivity contribution in [2.24, 2.45) is 0 Å². The number of anilines is 3. The lowest BCUT2D eigenvalue weighted by molar-refractivity contribution is 0.0224. The molecule has 0 saturated carbocycles. The Labute approximate surface area is 224 Å². The third kappa shape index (κ3) is 3.42. The van der Waals surface area contributed by atoms with Crippen LogP contribution in [0.2, 0.25) is 0 Å². The highest BCUT2D eigenvalue weighted by molar-refractivity contribution is 5.97. The zero-order valence-corrected chi connectivity index (χ0v) is 22.5. The summed E-state index contributed by atoms with van der Waals surface area (Å²) in [6.45, 7) is 12.8. The summed E-state index contributed by atoms with van der Waals surface area (Å²) in [6, 6.07) is 23.8. The van der Waals surface area contributed by atoms with Crippen LogP contribution in [0.5, 0.6) is 11.5 Å². The van der Waals surface area contributed by atoms with Gasteiger partial charge in [-0.3, -0.25) is 0 Å². The first kappa shape index (κ1) is 24.1. The molecule has 5 nitrogen and oxygen atoms in total. The standard InChI is InChI=1S/C33H32N2O3/c1-6-35(7-2)31-21(4)18-20(3)30(22(31)5)34-23-16-17-29-27(19-23)33(26-14-10-11-15-28(26)37-29)25-13-9-8-12-24(25)32(36)38-33/h8-19,34H,6-7H2,1-5H3. The van der Waals surface area contributed by atoms with Crippen molar-refractivity contribution in [3.63, 3.8) is 0 Å². The fourth-order valence-corrected chi connectivity index (χ4v) is 6.24. The van der Waals surface area contributed by atoms with E-state index in [0.717, 1.165) is 41.2 Å². The van der Waals surface area contributed by atoms with Crippen LogP contribution in [0, 0.1) is 20.8 Å². The maximum atomic E-state index is 13.1. The molecule has 1 unspecified atom stereocenters. The van der Waals surface area contributed by atoms with Gasteiger partial charge in [-0.05, 0) is 81.6 Å². The van der Waals surface area contributed by atoms with Crippen LogP contribution >= 0.6 is 0 Å². The van der Waals surface area contributed by atoms with Crippen LogP contribution in [0.15, 0.2) is 72.8 Å². The number of benzene rings is 4. The summed E-state index contributed by atoms with van der Waals surface area (Å²) in [5.74, 6) is 1.05. The number of hydrogen-bond donors (Lipinski definition) is 1. The molecule has 2 aliphatic rings. The van der Waals surface area contributed by atoms with Gasteiger partial charge in [0.25, 0.3) is 0 Å². The molecule has 1 N–H and O–H groups in total. The summed E-state index contributed by atoms with van der Waals surface area (Å²) in [7, 11) is 0. The van der Waals surface area contributed by atoms with Gasteiger partial charge in [-0.15, -0.1) is 0 Å². The van der Waals surface area contributed by atoms with Crippen molar-refractivity contribution in [3.8, 4) is 11.5 Å². The molecule has 5 heteroatoms. The van der Waals surface area contributed by atoms with Crippen molar-refractivity contribution in [2.45, 2.75) is 40.2 Å². The molecule has 2 aliphatic heterocycles. The predicted molar refractivity (Wildman–Crippen MR) is 152 cm³/mol. The van der Waals surface area contributed by atoms with Crippen LogP contribution in [0.1, 0.15) is 57.6 Å². The molecule has 1 atom stereocenters. The highest BCUT2D eigenvalue weighted by Crippen LogP contribution is 2.56. The van der Waals surface area contributed by atoms with Gasteiger partial charge in [0.05, 0.1) is 5.56 Å². The van der Waals surface area contributed by atoms with Crippen molar-refractivity contribution in [2.75, 3.05) is 23.3 Å².